The van der Waals surface area contributed by atoms with Gasteiger partial charge in [-0.2, -0.15) is 0 Å². The summed E-state index contributed by atoms with van der Waals surface area (Å²) in [5.41, 5.74) is 1.71. The zero-order chi connectivity index (χ0) is 13.1. The van der Waals surface area contributed by atoms with Gasteiger partial charge in [-0.25, -0.2) is 0 Å². The minimum atomic E-state index is -0.0496. The molecule has 3 heteroatoms. The predicted molar refractivity (Wildman–Crippen MR) is 75.9 cm³/mol. The fourth-order valence-corrected chi connectivity index (χ4v) is 2.17. The molecule has 2 N–H and O–H groups in total. The molecule has 0 aliphatic heterocycles. The number of nitrogens with one attached hydrogen (secondary N) is 2. The van der Waals surface area contributed by atoms with Gasteiger partial charge in [0.05, 0.1) is 6.54 Å². The zero-order valence-electron chi connectivity index (χ0n) is 10.4. The summed E-state index contributed by atoms with van der Waals surface area (Å²) in [5.74, 6) is -0.0496. The molecular formula is C16H14N2O. The van der Waals surface area contributed by atoms with E-state index in [0.29, 0.717) is 12.1 Å². The molecule has 0 aliphatic carbocycles. The molecule has 0 aliphatic rings. The van der Waals surface area contributed by atoms with Gasteiger partial charge in [-0.05, 0) is 29.0 Å². The standard InChI is InChI=1S/C16H14N2O/c19-16(18-11-13-7-4-10-17-13)15-9-3-6-12-5-1-2-8-14(12)15/h1-10,17H,11H2,(H,18,19). The molecule has 2 aromatic carbocycles. The number of fused-ring (bicyclic) bond motifs is 1. The second-order valence-electron chi connectivity index (χ2n) is 4.40. The highest BCUT2D eigenvalue weighted by molar-refractivity contribution is 6.06. The fraction of sp³-hybridized carbons (Fsp3) is 0.0625. The average molecular weight is 250 g/mol. The van der Waals surface area contributed by atoms with Crippen LogP contribution in [0.2, 0.25) is 0 Å². The Bertz CT molecular complexity index is 696. The number of hydrogen-bond acceptors (Lipinski definition) is 1. The SMILES string of the molecule is O=C(NCc1ccc[nH]1)c1cccc2ccccc12. The van der Waals surface area contributed by atoms with Crippen molar-refractivity contribution in [3.63, 3.8) is 0 Å². The van der Waals surface area contributed by atoms with Crippen LogP contribution in [0.15, 0.2) is 60.8 Å². The molecule has 94 valence electrons. The molecule has 1 aromatic heterocycles. The van der Waals surface area contributed by atoms with Gasteiger partial charge in [0, 0.05) is 17.5 Å². The quantitative estimate of drug-likeness (QED) is 0.737. The van der Waals surface area contributed by atoms with Crippen LogP contribution in [0.1, 0.15) is 16.1 Å². The van der Waals surface area contributed by atoms with Gasteiger partial charge in [-0.3, -0.25) is 4.79 Å². The summed E-state index contributed by atoms with van der Waals surface area (Å²) in [7, 11) is 0. The van der Waals surface area contributed by atoms with Gasteiger partial charge < -0.3 is 10.3 Å². The van der Waals surface area contributed by atoms with Gasteiger partial charge in [0.1, 0.15) is 0 Å². The molecule has 3 nitrogen and oxygen atoms in total. The van der Waals surface area contributed by atoms with E-state index in [-0.39, 0.29) is 5.91 Å². The van der Waals surface area contributed by atoms with Gasteiger partial charge in [-0.15, -0.1) is 0 Å². The lowest BCUT2D eigenvalue weighted by molar-refractivity contribution is 0.0952. The van der Waals surface area contributed by atoms with Crippen LogP contribution < -0.4 is 5.32 Å². The molecule has 0 radical (unpaired) electrons. The third-order valence-electron chi connectivity index (χ3n) is 3.14. The Hall–Kier alpha value is -2.55. The Kier molecular flexibility index (Phi) is 3.02. The van der Waals surface area contributed by atoms with Crippen LogP contribution >= 0.6 is 0 Å². The van der Waals surface area contributed by atoms with E-state index in [2.05, 4.69) is 10.3 Å². The minimum Gasteiger partial charge on any atom is -0.364 e. The number of hydrogen-bond donors (Lipinski definition) is 2. The number of amides is 1. The van der Waals surface area contributed by atoms with Crippen LogP contribution in [0.4, 0.5) is 0 Å². The van der Waals surface area contributed by atoms with Gasteiger partial charge in [0.25, 0.3) is 5.91 Å². The summed E-state index contributed by atoms with van der Waals surface area (Å²) < 4.78 is 0. The lowest BCUT2D eigenvalue weighted by Gasteiger charge is -2.07. The third kappa shape index (κ3) is 2.36. The molecule has 3 rings (SSSR count). The maximum atomic E-state index is 12.2. The van der Waals surface area contributed by atoms with Crippen LogP contribution in [0.3, 0.4) is 0 Å². The van der Waals surface area contributed by atoms with Crippen molar-refractivity contribution in [3.05, 3.63) is 72.1 Å². The van der Waals surface area contributed by atoms with Crippen molar-refractivity contribution in [2.24, 2.45) is 0 Å². The van der Waals surface area contributed by atoms with Crippen LogP contribution in [-0.4, -0.2) is 10.9 Å². The molecule has 0 saturated carbocycles. The van der Waals surface area contributed by atoms with E-state index in [1.807, 2.05) is 60.8 Å². The summed E-state index contributed by atoms with van der Waals surface area (Å²) in [6.07, 6.45) is 1.85. The Morgan fingerprint density at radius 2 is 1.84 bits per heavy atom. The van der Waals surface area contributed by atoms with E-state index >= 15 is 0 Å². The number of carbonyl (C=O) groups excluding carboxylic acids is 1. The summed E-state index contributed by atoms with van der Waals surface area (Å²) in [6, 6.07) is 17.5. The highest BCUT2D eigenvalue weighted by atomic mass is 16.1. The molecule has 0 spiro atoms. The topological polar surface area (TPSA) is 44.9 Å². The molecule has 1 amide bonds. The Labute approximate surface area is 111 Å². The number of aromatic amines is 1. The third-order valence-corrected chi connectivity index (χ3v) is 3.14. The van der Waals surface area contributed by atoms with E-state index in [4.69, 9.17) is 0 Å². The number of carbonyl (C=O) groups is 1. The first-order valence-corrected chi connectivity index (χ1v) is 6.23. The van der Waals surface area contributed by atoms with Crippen molar-refractivity contribution in [3.8, 4) is 0 Å². The molecule has 0 bridgehead atoms. The second-order valence-corrected chi connectivity index (χ2v) is 4.40. The number of rotatable bonds is 3. The van der Waals surface area contributed by atoms with Crippen LogP contribution in [0, 0.1) is 0 Å². The van der Waals surface area contributed by atoms with Crippen molar-refractivity contribution < 1.29 is 4.79 Å². The highest BCUT2D eigenvalue weighted by Gasteiger charge is 2.09. The van der Waals surface area contributed by atoms with Crippen molar-refractivity contribution in [2.75, 3.05) is 0 Å². The molecule has 0 unspecified atom stereocenters. The minimum absolute atomic E-state index is 0.0496. The largest absolute Gasteiger partial charge is 0.364 e. The molecule has 1 heterocycles. The maximum Gasteiger partial charge on any atom is 0.252 e. The van der Waals surface area contributed by atoms with Gasteiger partial charge in [0.15, 0.2) is 0 Å². The molecule has 3 aromatic rings. The summed E-state index contributed by atoms with van der Waals surface area (Å²) in [4.78, 5) is 15.3. The Morgan fingerprint density at radius 3 is 2.68 bits per heavy atom. The van der Waals surface area contributed by atoms with E-state index in [0.717, 1.165) is 16.5 Å². The molecule has 0 saturated heterocycles. The molecule has 0 atom stereocenters. The van der Waals surface area contributed by atoms with Crippen molar-refractivity contribution in [1.29, 1.82) is 0 Å². The fourth-order valence-electron chi connectivity index (χ4n) is 2.17. The number of H-pyrrole nitrogens is 1. The summed E-state index contributed by atoms with van der Waals surface area (Å²) in [6.45, 7) is 0.509. The lowest BCUT2D eigenvalue weighted by atomic mass is 10.0. The van der Waals surface area contributed by atoms with E-state index in [9.17, 15) is 4.79 Å². The van der Waals surface area contributed by atoms with E-state index in [1.165, 1.54) is 0 Å². The first-order valence-electron chi connectivity index (χ1n) is 6.23. The first-order chi connectivity index (χ1) is 9.34. The monoisotopic (exact) mass is 250 g/mol. The lowest BCUT2D eigenvalue weighted by Crippen LogP contribution is -2.23. The van der Waals surface area contributed by atoms with Crippen LogP contribution in [0.5, 0.6) is 0 Å². The molecular weight excluding hydrogens is 236 g/mol. The number of benzene rings is 2. The first kappa shape index (κ1) is 11.5. The summed E-state index contributed by atoms with van der Waals surface area (Å²) >= 11 is 0. The molecule has 19 heavy (non-hydrogen) atoms. The van der Waals surface area contributed by atoms with Gasteiger partial charge in [0.2, 0.25) is 0 Å². The Morgan fingerprint density at radius 1 is 1.00 bits per heavy atom. The van der Waals surface area contributed by atoms with Gasteiger partial charge >= 0.3 is 0 Å². The number of aromatic nitrogens is 1. The van der Waals surface area contributed by atoms with E-state index in [1.54, 1.807) is 0 Å². The van der Waals surface area contributed by atoms with E-state index < -0.39 is 0 Å². The average Bonchev–Trinajstić information content (AvgIpc) is 2.97. The van der Waals surface area contributed by atoms with Crippen molar-refractivity contribution >= 4 is 16.7 Å². The van der Waals surface area contributed by atoms with Crippen LogP contribution in [-0.2, 0) is 6.54 Å². The maximum absolute atomic E-state index is 12.2. The van der Waals surface area contributed by atoms with Crippen LogP contribution in [0.25, 0.3) is 10.8 Å². The van der Waals surface area contributed by atoms with Crippen molar-refractivity contribution in [2.45, 2.75) is 6.54 Å². The smallest absolute Gasteiger partial charge is 0.252 e. The second kappa shape index (κ2) is 4.98. The zero-order valence-corrected chi connectivity index (χ0v) is 10.4. The normalized spacial score (nSPS) is 10.5. The Balaban J connectivity index is 1.85. The molecule has 0 fully saturated rings. The van der Waals surface area contributed by atoms with Gasteiger partial charge in [-0.1, -0.05) is 36.4 Å². The van der Waals surface area contributed by atoms with Crippen molar-refractivity contribution in [1.82, 2.24) is 10.3 Å². The summed E-state index contributed by atoms with van der Waals surface area (Å²) in [5, 5.41) is 4.98. The predicted octanol–water partition coefficient (Wildman–Crippen LogP) is 3.10. The highest BCUT2D eigenvalue weighted by Crippen LogP contribution is 2.18.